The zero-order valence-corrected chi connectivity index (χ0v) is 11.0. The fourth-order valence-electron chi connectivity index (χ4n) is 1.71. The van der Waals surface area contributed by atoms with Gasteiger partial charge >= 0.3 is 0 Å². The molecule has 0 bridgehead atoms. The molecule has 0 aliphatic rings. The topological polar surface area (TPSA) is 44.7 Å². The number of hydrogen-bond donors (Lipinski definition) is 2. The number of rotatable bonds is 11. The second kappa shape index (κ2) is 11.3. The summed E-state index contributed by atoms with van der Waals surface area (Å²) in [6.07, 6.45) is 3.02. The van der Waals surface area contributed by atoms with Gasteiger partial charge in [0.05, 0.1) is 0 Å². The first-order valence-corrected chi connectivity index (χ1v) is 6.26. The minimum Gasteiger partial charge on any atom is -0.396 e. The van der Waals surface area contributed by atoms with Crippen LogP contribution in [-0.4, -0.2) is 63.1 Å². The van der Waals surface area contributed by atoms with Gasteiger partial charge in [-0.05, 0) is 32.9 Å². The lowest BCUT2D eigenvalue weighted by atomic mass is 10.2. The van der Waals surface area contributed by atoms with E-state index in [-0.39, 0.29) is 6.61 Å². The number of aliphatic hydroxyl groups excluding tert-OH is 1. The normalized spacial score (nSPS) is 13.3. The smallest absolute Gasteiger partial charge is 0.0474 e. The average molecular weight is 232 g/mol. The monoisotopic (exact) mass is 232 g/mol. The number of hydrogen-bond acceptors (Lipinski definition) is 4. The quantitative estimate of drug-likeness (QED) is 0.515. The highest BCUT2D eigenvalue weighted by atomic mass is 16.5. The third kappa shape index (κ3) is 9.09. The Balaban J connectivity index is 3.68. The van der Waals surface area contributed by atoms with E-state index in [0.29, 0.717) is 6.04 Å². The standard InChI is InChI=1S/C12H28N2O2/c1-4-7-13-12(6-9-15)11-14(2)8-5-10-16-3/h12-13,15H,4-11H2,1-3H3. The van der Waals surface area contributed by atoms with Crippen LogP contribution in [0, 0.1) is 0 Å². The van der Waals surface area contributed by atoms with Gasteiger partial charge in [0.2, 0.25) is 0 Å². The fraction of sp³-hybridized carbons (Fsp3) is 1.00. The van der Waals surface area contributed by atoms with Crippen LogP contribution in [0.5, 0.6) is 0 Å². The summed E-state index contributed by atoms with van der Waals surface area (Å²) in [5, 5.41) is 12.4. The van der Waals surface area contributed by atoms with E-state index in [1.54, 1.807) is 7.11 Å². The maximum atomic E-state index is 8.98. The maximum Gasteiger partial charge on any atom is 0.0474 e. The summed E-state index contributed by atoms with van der Waals surface area (Å²) in [6, 6.07) is 0.400. The van der Waals surface area contributed by atoms with Gasteiger partial charge < -0.3 is 20.1 Å². The molecule has 0 aliphatic carbocycles. The van der Waals surface area contributed by atoms with Crippen molar-refractivity contribution in [2.75, 3.05) is 47.0 Å². The predicted molar refractivity (Wildman–Crippen MR) is 67.8 cm³/mol. The molecule has 16 heavy (non-hydrogen) atoms. The molecule has 0 radical (unpaired) electrons. The van der Waals surface area contributed by atoms with Crippen molar-refractivity contribution < 1.29 is 9.84 Å². The van der Waals surface area contributed by atoms with Gasteiger partial charge in [0, 0.05) is 39.5 Å². The molecule has 0 spiro atoms. The Morgan fingerprint density at radius 3 is 2.75 bits per heavy atom. The highest BCUT2D eigenvalue weighted by Crippen LogP contribution is 1.97. The molecule has 0 rings (SSSR count). The lowest BCUT2D eigenvalue weighted by Crippen LogP contribution is -2.41. The molecular weight excluding hydrogens is 204 g/mol. The number of ether oxygens (including phenoxy) is 1. The lowest BCUT2D eigenvalue weighted by Gasteiger charge is -2.24. The van der Waals surface area contributed by atoms with Gasteiger partial charge in [-0.2, -0.15) is 0 Å². The van der Waals surface area contributed by atoms with E-state index in [4.69, 9.17) is 9.84 Å². The number of nitrogens with zero attached hydrogens (tertiary/aromatic N) is 1. The van der Waals surface area contributed by atoms with Crippen LogP contribution in [0.4, 0.5) is 0 Å². The lowest BCUT2D eigenvalue weighted by molar-refractivity contribution is 0.172. The van der Waals surface area contributed by atoms with E-state index in [9.17, 15) is 0 Å². The van der Waals surface area contributed by atoms with Crippen LogP contribution >= 0.6 is 0 Å². The summed E-state index contributed by atoms with van der Waals surface area (Å²) >= 11 is 0. The molecule has 0 saturated carbocycles. The SMILES string of the molecule is CCCNC(CCO)CN(C)CCCOC. The molecule has 0 amide bonds. The third-order valence-electron chi connectivity index (χ3n) is 2.58. The van der Waals surface area contributed by atoms with Crippen LogP contribution in [0.15, 0.2) is 0 Å². The second-order valence-corrected chi connectivity index (χ2v) is 4.27. The minimum atomic E-state index is 0.257. The fourth-order valence-corrected chi connectivity index (χ4v) is 1.71. The Labute approximate surface area is 100.0 Å². The van der Waals surface area contributed by atoms with Crippen molar-refractivity contribution in [2.24, 2.45) is 0 Å². The number of methoxy groups -OCH3 is 1. The van der Waals surface area contributed by atoms with Gasteiger partial charge in [-0.15, -0.1) is 0 Å². The number of aliphatic hydroxyl groups is 1. The molecule has 0 aliphatic heterocycles. The Kier molecular flexibility index (Phi) is 11.2. The molecule has 0 aromatic heterocycles. The molecule has 1 unspecified atom stereocenters. The molecule has 2 N–H and O–H groups in total. The molecular formula is C12H28N2O2. The Hall–Kier alpha value is -0.160. The summed E-state index contributed by atoms with van der Waals surface area (Å²) in [6.45, 7) is 6.29. The van der Waals surface area contributed by atoms with Crippen LogP contribution in [0.2, 0.25) is 0 Å². The first-order valence-electron chi connectivity index (χ1n) is 6.26. The molecule has 4 heteroatoms. The highest BCUT2D eigenvalue weighted by molar-refractivity contribution is 4.70. The van der Waals surface area contributed by atoms with Gasteiger partial charge in [0.1, 0.15) is 0 Å². The Morgan fingerprint density at radius 1 is 1.44 bits per heavy atom. The number of likely N-dealkylation sites (N-methyl/N-ethyl adjacent to an activating group) is 1. The van der Waals surface area contributed by atoms with Gasteiger partial charge in [0.25, 0.3) is 0 Å². The van der Waals surface area contributed by atoms with E-state index in [1.807, 2.05) is 0 Å². The number of nitrogens with one attached hydrogen (secondary N) is 1. The van der Waals surface area contributed by atoms with Crippen LogP contribution in [0.3, 0.4) is 0 Å². The Bertz CT molecular complexity index is 145. The van der Waals surface area contributed by atoms with Crippen molar-refractivity contribution >= 4 is 0 Å². The summed E-state index contributed by atoms with van der Waals surface area (Å²) < 4.78 is 5.03. The van der Waals surface area contributed by atoms with Gasteiger partial charge in [-0.1, -0.05) is 6.92 Å². The van der Waals surface area contributed by atoms with E-state index in [2.05, 4.69) is 24.2 Å². The van der Waals surface area contributed by atoms with E-state index >= 15 is 0 Å². The van der Waals surface area contributed by atoms with Crippen molar-refractivity contribution in [3.63, 3.8) is 0 Å². The molecule has 0 heterocycles. The van der Waals surface area contributed by atoms with Crippen LogP contribution in [0.1, 0.15) is 26.2 Å². The zero-order valence-electron chi connectivity index (χ0n) is 11.0. The molecule has 0 aromatic rings. The summed E-state index contributed by atoms with van der Waals surface area (Å²) in [4.78, 5) is 2.29. The van der Waals surface area contributed by atoms with Crippen LogP contribution in [-0.2, 0) is 4.74 Å². The van der Waals surface area contributed by atoms with Crippen molar-refractivity contribution in [1.82, 2.24) is 10.2 Å². The van der Waals surface area contributed by atoms with E-state index < -0.39 is 0 Å². The summed E-state index contributed by atoms with van der Waals surface area (Å²) in [7, 11) is 3.85. The van der Waals surface area contributed by atoms with E-state index in [1.165, 1.54) is 0 Å². The first-order chi connectivity index (χ1) is 7.74. The van der Waals surface area contributed by atoms with Gasteiger partial charge in [0.15, 0.2) is 0 Å². The van der Waals surface area contributed by atoms with Crippen LogP contribution < -0.4 is 5.32 Å². The van der Waals surface area contributed by atoms with Crippen LogP contribution in [0.25, 0.3) is 0 Å². The first kappa shape index (κ1) is 15.8. The third-order valence-corrected chi connectivity index (χ3v) is 2.58. The maximum absolute atomic E-state index is 8.98. The van der Waals surface area contributed by atoms with Gasteiger partial charge in [-0.25, -0.2) is 0 Å². The minimum absolute atomic E-state index is 0.257. The van der Waals surface area contributed by atoms with Crippen molar-refractivity contribution in [1.29, 1.82) is 0 Å². The molecule has 98 valence electrons. The van der Waals surface area contributed by atoms with Crippen molar-refractivity contribution in [3.05, 3.63) is 0 Å². The highest BCUT2D eigenvalue weighted by Gasteiger charge is 2.09. The second-order valence-electron chi connectivity index (χ2n) is 4.27. The average Bonchev–Trinajstić information content (AvgIpc) is 2.26. The zero-order chi connectivity index (χ0) is 12.2. The molecule has 4 nitrogen and oxygen atoms in total. The van der Waals surface area contributed by atoms with Crippen molar-refractivity contribution in [2.45, 2.75) is 32.2 Å². The van der Waals surface area contributed by atoms with Crippen molar-refractivity contribution in [3.8, 4) is 0 Å². The Morgan fingerprint density at radius 2 is 2.19 bits per heavy atom. The summed E-state index contributed by atoms with van der Waals surface area (Å²) in [5.74, 6) is 0. The van der Waals surface area contributed by atoms with Gasteiger partial charge in [-0.3, -0.25) is 0 Å². The predicted octanol–water partition coefficient (Wildman–Crippen LogP) is 0.705. The molecule has 0 fully saturated rings. The molecule has 0 saturated heterocycles. The largest absolute Gasteiger partial charge is 0.396 e. The molecule has 0 aromatic carbocycles. The molecule has 1 atom stereocenters. The van der Waals surface area contributed by atoms with E-state index in [0.717, 1.165) is 45.5 Å². The summed E-state index contributed by atoms with van der Waals surface area (Å²) in [5.41, 5.74) is 0.